The van der Waals surface area contributed by atoms with Crippen LogP contribution in [0.1, 0.15) is 0 Å². The lowest BCUT2D eigenvalue weighted by Crippen LogP contribution is -2.40. The second-order valence-corrected chi connectivity index (χ2v) is 7.85. The molecule has 2 saturated heterocycles. The Morgan fingerprint density at radius 2 is 1.26 bits per heavy atom. The molecule has 0 unspecified atom stereocenters. The van der Waals surface area contributed by atoms with Crippen molar-refractivity contribution >= 4 is 11.9 Å². The van der Waals surface area contributed by atoms with Crippen molar-refractivity contribution in [1.82, 2.24) is 15.0 Å². The first-order valence-corrected chi connectivity index (χ1v) is 11.1. The molecule has 0 atom stereocenters. The van der Waals surface area contributed by atoms with Crippen molar-refractivity contribution in [3.8, 4) is 40.2 Å². The standard InChI is InChI=1S/C23H27N5O6/c1-30-18-13-15(14-19(31-2)20(18)29)16-3-4-17(34-16)21-24-22(27-5-9-32-10-6-27)26-23(25-21)28-7-11-33-12-8-28/h3-4,13-14,29H,5-12H2,1-2H3. The van der Waals surface area contributed by atoms with Crippen molar-refractivity contribution < 1.29 is 28.5 Å². The smallest absolute Gasteiger partial charge is 0.230 e. The molecule has 0 amide bonds. The largest absolute Gasteiger partial charge is 0.502 e. The van der Waals surface area contributed by atoms with Crippen LogP contribution in [0.25, 0.3) is 22.9 Å². The molecule has 5 rings (SSSR count). The third kappa shape index (κ3) is 4.44. The van der Waals surface area contributed by atoms with Gasteiger partial charge in [-0.2, -0.15) is 15.0 Å². The molecule has 0 radical (unpaired) electrons. The van der Waals surface area contributed by atoms with E-state index in [2.05, 4.69) is 9.80 Å². The minimum absolute atomic E-state index is 0.0664. The van der Waals surface area contributed by atoms with E-state index in [1.54, 1.807) is 12.1 Å². The zero-order chi connectivity index (χ0) is 23.5. The molecule has 0 bridgehead atoms. The lowest BCUT2D eigenvalue weighted by molar-refractivity contribution is 0.121. The van der Waals surface area contributed by atoms with E-state index in [9.17, 15) is 5.11 Å². The highest BCUT2D eigenvalue weighted by Gasteiger charge is 2.23. The van der Waals surface area contributed by atoms with Gasteiger partial charge in [-0.25, -0.2) is 0 Å². The Hall–Kier alpha value is -3.57. The van der Waals surface area contributed by atoms with Crippen LogP contribution in [0.5, 0.6) is 17.2 Å². The number of anilines is 2. The van der Waals surface area contributed by atoms with Gasteiger partial charge in [0.15, 0.2) is 17.3 Å². The van der Waals surface area contributed by atoms with E-state index >= 15 is 0 Å². The number of methoxy groups -OCH3 is 2. The average molecular weight is 469 g/mol. The topological polar surface area (TPSA) is 115 Å². The molecule has 180 valence electrons. The maximum Gasteiger partial charge on any atom is 0.230 e. The summed E-state index contributed by atoms with van der Waals surface area (Å²) in [7, 11) is 2.97. The van der Waals surface area contributed by atoms with Crippen molar-refractivity contribution in [2.24, 2.45) is 0 Å². The summed E-state index contributed by atoms with van der Waals surface area (Å²) in [6, 6.07) is 7.02. The number of phenolic OH excluding ortho intramolecular Hbond substituents is 1. The Balaban J connectivity index is 1.52. The van der Waals surface area contributed by atoms with Crippen molar-refractivity contribution in [3.63, 3.8) is 0 Å². The van der Waals surface area contributed by atoms with Crippen LogP contribution in [0.4, 0.5) is 11.9 Å². The van der Waals surface area contributed by atoms with Gasteiger partial charge in [-0.05, 0) is 24.3 Å². The summed E-state index contributed by atoms with van der Waals surface area (Å²) in [5.74, 6) is 3.22. The molecule has 2 aliphatic rings. The van der Waals surface area contributed by atoms with Crippen LogP contribution >= 0.6 is 0 Å². The molecule has 1 N–H and O–H groups in total. The molecule has 2 aliphatic heterocycles. The summed E-state index contributed by atoms with van der Waals surface area (Å²) in [4.78, 5) is 18.4. The Morgan fingerprint density at radius 3 is 1.76 bits per heavy atom. The number of hydrogen-bond donors (Lipinski definition) is 1. The first-order chi connectivity index (χ1) is 16.7. The number of rotatable bonds is 6. The Labute approximate surface area is 196 Å². The van der Waals surface area contributed by atoms with Gasteiger partial charge in [-0.1, -0.05) is 0 Å². The Bertz CT molecular complexity index is 1080. The van der Waals surface area contributed by atoms with Crippen LogP contribution in [0, 0.1) is 0 Å². The van der Waals surface area contributed by atoms with Gasteiger partial charge >= 0.3 is 0 Å². The number of furan rings is 1. The molecular weight excluding hydrogens is 442 g/mol. The monoisotopic (exact) mass is 469 g/mol. The van der Waals surface area contributed by atoms with Gasteiger partial charge in [-0.15, -0.1) is 0 Å². The minimum Gasteiger partial charge on any atom is -0.502 e. The third-order valence-electron chi connectivity index (χ3n) is 5.79. The van der Waals surface area contributed by atoms with Crippen LogP contribution in [-0.2, 0) is 9.47 Å². The fraction of sp³-hybridized carbons (Fsp3) is 0.435. The van der Waals surface area contributed by atoms with E-state index in [1.165, 1.54) is 14.2 Å². The highest BCUT2D eigenvalue weighted by Crippen LogP contribution is 2.41. The predicted octanol–water partition coefficient (Wildman–Crippen LogP) is 2.19. The number of benzene rings is 1. The second kappa shape index (κ2) is 9.74. The number of ether oxygens (including phenoxy) is 4. The fourth-order valence-corrected chi connectivity index (χ4v) is 3.92. The Morgan fingerprint density at radius 1 is 0.765 bits per heavy atom. The fourth-order valence-electron chi connectivity index (χ4n) is 3.92. The Kier molecular flexibility index (Phi) is 6.37. The average Bonchev–Trinajstić information content (AvgIpc) is 3.40. The lowest BCUT2D eigenvalue weighted by atomic mass is 10.1. The molecule has 34 heavy (non-hydrogen) atoms. The summed E-state index contributed by atoms with van der Waals surface area (Å²) in [6.45, 7) is 5.36. The third-order valence-corrected chi connectivity index (χ3v) is 5.79. The number of phenols is 1. The van der Waals surface area contributed by atoms with Crippen molar-refractivity contribution in [1.29, 1.82) is 0 Å². The van der Waals surface area contributed by atoms with Crippen LogP contribution in [-0.4, -0.2) is 86.9 Å². The van der Waals surface area contributed by atoms with E-state index in [-0.39, 0.29) is 17.2 Å². The van der Waals surface area contributed by atoms with Gasteiger partial charge < -0.3 is 38.3 Å². The molecule has 11 heteroatoms. The van der Waals surface area contributed by atoms with Crippen LogP contribution in [0.3, 0.4) is 0 Å². The van der Waals surface area contributed by atoms with Crippen molar-refractivity contribution in [2.75, 3.05) is 76.6 Å². The van der Waals surface area contributed by atoms with E-state index < -0.39 is 0 Å². The van der Waals surface area contributed by atoms with Gasteiger partial charge in [0, 0.05) is 31.7 Å². The molecule has 0 spiro atoms. The molecule has 1 aromatic carbocycles. The maximum absolute atomic E-state index is 10.2. The van der Waals surface area contributed by atoms with Gasteiger partial charge in [0.2, 0.25) is 23.5 Å². The number of morpholine rings is 2. The maximum atomic E-state index is 10.2. The predicted molar refractivity (Wildman–Crippen MR) is 124 cm³/mol. The molecule has 3 aromatic rings. The van der Waals surface area contributed by atoms with E-state index in [4.69, 9.17) is 38.3 Å². The minimum atomic E-state index is -0.0664. The summed E-state index contributed by atoms with van der Waals surface area (Å²) in [5, 5.41) is 10.2. The SMILES string of the molecule is COc1cc(-c2ccc(-c3nc(N4CCOCC4)nc(N4CCOCC4)n3)o2)cc(OC)c1O. The van der Waals surface area contributed by atoms with Crippen molar-refractivity contribution in [3.05, 3.63) is 24.3 Å². The summed E-state index contributed by atoms with van der Waals surface area (Å²) >= 11 is 0. The highest BCUT2D eigenvalue weighted by atomic mass is 16.5. The first-order valence-electron chi connectivity index (χ1n) is 11.1. The molecular formula is C23H27N5O6. The van der Waals surface area contributed by atoms with Gasteiger partial charge in [0.1, 0.15) is 5.76 Å². The number of aromatic nitrogens is 3. The summed E-state index contributed by atoms with van der Waals surface area (Å²) in [6.07, 6.45) is 0. The van der Waals surface area contributed by atoms with Crippen LogP contribution in [0.15, 0.2) is 28.7 Å². The van der Waals surface area contributed by atoms with Crippen molar-refractivity contribution in [2.45, 2.75) is 0 Å². The summed E-state index contributed by atoms with van der Waals surface area (Å²) in [5.41, 5.74) is 0.689. The number of aromatic hydroxyl groups is 1. The molecule has 2 fully saturated rings. The molecule has 0 aliphatic carbocycles. The number of nitrogens with zero attached hydrogens (tertiary/aromatic N) is 5. The summed E-state index contributed by atoms with van der Waals surface area (Å²) < 4.78 is 27.7. The van der Waals surface area contributed by atoms with E-state index in [1.807, 2.05) is 12.1 Å². The zero-order valence-electron chi connectivity index (χ0n) is 19.2. The van der Waals surface area contributed by atoms with Gasteiger partial charge in [0.25, 0.3) is 0 Å². The van der Waals surface area contributed by atoms with Gasteiger partial charge in [-0.3, -0.25) is 0 Å². The molecule has 0 saturated carbocycles. The van der Waals surface area contributed by atoms with E-state index in [0.717, 1.165) is 0 Å². The molecule has 4 heterocycles. The normalized spacial score (nSPS) is 16.5. The molecule has 11 nitrogen and oxygen atoms in total. The quantitative estimate of drug-likeness (QED) is 0.573. The van der Waals surface area contributed by atoms with Crippen LogP contribution in [0.2, 0.25) is 0 Å². The number of hydrogen-bond acceptors (Lipinski definition) is 11. The second-order valence-electron chi connectivity index (χ2n) is 7.85. The zero-order valence-corrected chi connectivity index (χ0v) is 19.2. The lowest BCUT2D eigenvalue weighted by Gasteiger charge is -2.30. The molecule has 2 aromatic heterocycles. The first kappa shape index (κ1) is 22.2. The highest BCUT2D eigenvalue weighted by molar-refractivity contribution is 5.69. The van der Waals surface area contributed by atoms with Crippen LogP contribution < -0.4 is 19.3 Å². The van der Waals surface area contributed by atoms with Gasteiger partial charge in [0.05, 0.1) is 40.6 Å². The van der Waals surface area contributed by atoms with E-state index in [0.29, 0.717) is 87.4 Å².